The summed E-state index contributed by atoms with van der Waals surface area (Å²) < 4.78 is 56.1. The van der Waals surface area contributed by atoms with Crippen LogP contribution in [-0.4, -0.2) is 32.9 Å². The van der Waals surface area contributed by atoms with E-state index in [1.165, 1.54) is 35.1 Å². The van der Waals surface area contributed by atoms with Gasteiger partial charge in [0.25, 0.3) is 11.8 Å². The van der Waals surface area contributed by atoms with Gasteiger partial charge in [-0.15, -0.1) is 13.2 Å². The highest BCUT2D eigenvalue weighted by Crippen LogP contribution is 2.36. The Hall–Kier alpha value is -3.99. The maximum atomic E-state index is 13.6. The molecule has 0 bridgehead atoms. The minimum atomic E-state index is -4.83. The Morgan fingerprint density at radius 1 is 1.00 bits per heavy atom. The lowest BCUT2D eigenvalue weighted by Crippen LogP contribution is -2.29. The minimum Gasteiger partial charge on any atom is -0.406 e. The zero-order valence-electron chi connectivity index (χ0n) is 17.0. The van der Waals surface area contributed by atoms with Gasteiger partial charge in [-0.2, -0.15) is 5.10 Å². The highest BCUT2D eigenvalue weighted by atomic mass is 35.5. The Morgan fingerprint density at radius 3 is 2.32 bits per heavy atom. The summed E-state index contributed by atoms with van der Waals surface area (Å²) in [7, 11) is 0. The number of carbonyl (C=O) groups excluding carboxylic acids is 2. The SMILES string of the molecule is Cc1nn(-c2ccc(OC(F)(F)F)cc2)c2ncc3c(c12)C(=O)N(c1ccc(F)c(Cl)c1)C3=O. The molecule has 34 heavy (non-hydrogen) atoms. The molecule has 0 radical (unpaired) electrons. The molecule has 1 aliphatic rings. The lowest BCUT2D eigenvalue weighted by molar-refractivity contribution is -0.274. The van der Waals surface area contributed by atoms with E-state index in [-0.39, 0.29) is 27.5 Å². The van der Waals surface area contributed by atoms with E-state index in [2.05, 4.69) is 14.8 Å². The third-order valence-corrected chi connectivity index (χ3v) is 5.49. The largest absolute Gasteiger partial charge is 0.573 e. The molecule has 0 aliphatic carbocycles. The Labute approximate surface area is 193 Å². The number of pyridine rings is 1. The molecule has 0 atom stereocenters. The lowest BCUT2D eigenvalue weighted by atomic mass is 10.1. The van der Waals surface area contributed by atoms with Gasteiger partial charge in [-0.1, -0.05) is 11.6 Å². The topological polar surface area (TPSA) is 77.3 Å². The number of rotatable bonds is 3. The van der Waals surface area contributed by atoms with Gasteiger partial charge in [-0.25, -0.2) is 19.0 Å². The maximum absolute atomic E-state index is 13.6. The predicted octanol–water partition coefficient (Wildman–Crippen LogP) is 5.22. The van der Waals surface area contributed by atoms with Crippen LogP contribution in [0.1, 0.15) is 26.4 Å². The molecule has 0 fully saturated rings. The van der Waals surface area contributed by atoms with Crippen LogP contribution in [0.4, 0.5) is 23.2 Å². The van der Waals surface area contributed by atoms with E-state index in [9.17, 15) is 27.2 Å². The molecule has 5 rings (SSSR count). The van der Waals surface area contributed by atoms with Crippen molar-refractivity contribution in [3.8, 4) is 11.4 Å². The molecule has 2 aromatic carbocycles. The van der Waals surface area contributed by atoms with E-state index in [1.54, 1.807) is 6.92 Å². The fourth-order valence-corrected chi connectivity index (χ4v) is 3.96. The number of ether oxygens (including phenoxy) is 1. The van der Waals surface area contributed by atoms with Crippen molar-refractivity contribution in [2.45, 2.75) is 13.3 Å². The van der Waals surface area contributed by atoms with Crippen molar-refractivity contribution in [2.24, 2.45) is 0 Å². The summed E-state index contributed by atoms with van der Waals surface area (Å²) in [5.41, 5.74) is 1.15. The van der Waals surface area contributed by atoms with Crippen LogP contribution in [0, 0.1) is 12.7 Å². The molecular formula is C22H11ClF4N4O3. The summed E-state index contributed by atoms with van der Waals surface area (Å²) in [6, 6.07) is 8.41. The Balaban J connectivity index is 1.59. The molecule has 4 aromatic rings. The van der Waals surface area contributed by atoms with Gasteiger partial charge in [-0.3, -0.25) is 9.59 Å². The minimum absolute atomic E-state index is 0.0366. The number of hydrogen-bond acceptors (Lipinski definition) is 5. The Bertz CT molecular complexity index is 1500. The second kappa shape index (κ2) is 7.52. The first kappa shape index (κ1) is 21.8. The number of amides is 2. The summed E-state index contributed by atoms with van der Waals surface area (Å²) >= 11 is 5.82. The van der Waals surface area contributed by atoms with E-state index in [1.807, 2.05) is 0 Å². The number of aromatic nitrogens is 3. The molecule has 0 unspecified atom stereocenters. The number of imide groups is 1. The van der Waals surface area contributed by atoms with Gasteiger partial charge in [-0.05, 0) is 49.4 Å². The summed E-state index contributed by atoms with van der Waals surface area (Å²) in [5.74, 6) is -2.42. The van der Waals surface area contributed by atoms with E-state index in [4.69, 9.17) is 11.6 Å². The molecule has 0 saturated heterocycles. The standard InChI is InChI=1S/C22H11ClF4N4O3/c1-10-17-18-14(20(32)30(21(18)33)12-4-7-16(24)15(23)8-12)9-28-19(17)31(29-10)11-2-5-13(6-3-11)34-22(25,26)27/h2-9H,1H3. The molecule has 2 aromatic heterocycles. The van der Waals surface area contributed by atoms with E-state index in [0.717, 1.165) is 23.1 Å². The zero-order valence-corrected chi connectivity index (χ0v) is 17.8. The van der Waals surface area contributed by atoms with Crippen molar-refractivity contribution in [1.82, 2.24) is 14.8 Å². The molecule has 2 amide bonds. The van der Waals surface area contributed by atoms with Gasteiger partial charge in [0.2, 0.25) is 0 Å². The van der Waals surface area contributed by atoms with E-state index < -0.39 is 29.7 Å². The van der Waals surface area contributed by atoms with Crippen LogP contribution in [0.5, 0.6) is 5.75 Å². The van der Waals surface area contributed by atoms with E-state index in [0.29, 0.717) is 16.8 Å². The van der Waals surface area contributed by atoms with Crippen LogP contribution >= 0.6 is 11.6 Å². The van der Waals surface area contributed by atoms with Crippen LogP contribution < -0.4 is 9.64 Å². The van der Waals surface area contributed by atoms with Crippen molar-refractivity contribution in [3.05, 3.63) is 76.3 Å². The van der Waals surface area contributed by atoms with Crippen molar-refractivity contribution in [1.29, 1.82) is 0 Å². The van der Waals surface area contributed by atoms with Crippen molar-refractivity contribution in [2.75, 3.05) is 4.90 Å². The van der Waals surface area contributed by atoms with Crippen LogP contribution in [0.3, 0.4) is 0 Å². The smallest absolute Gasteiger partial charge is 0.406 e. The number of nitrogens with zero attached hydrogens (tertiary/aromatic N) is 4. The Kier molecular flexibility index (Phi) is 4.83. The average Bonchev–Trinajstić information content (AvgIpc) is 3.23. The molecule has 12 heteroatoms. The quantitative estimate of drug-likeness (QED) is 0.291. The molecule has 0 spiro atoms. The number of fused-ring (bicyclic) bond motifs is 3. The lowest BCUT2D eigenvalue weighted by Gasteiger charge is -2.14. The van der Waals surface area contributed by atoms with Gasteiger partial charge >= 0.3 is 6.36 Å². The zero-order chi connectivity index (χ0) is 24.4. The van der Waals surface area contributed by atoms with E-state index >= 15 is 0 Å². The molecule has 0 N–H and O–H groups in total. The fourth-order valence-electron chi connectivity index (χ4n) is 3.79. The van der Waals surface area contributed by atoms with Crippen LogP contribution in [0.2, 0.25) is 5.02 Å². The predicted molar refractivity (Wildman–Crippen MR) is 113 cm³/mol. The second-order valence-electron chi connectivity index (χ2n) is 7.33. The summed E-state index contributed by atoms with van der Waals surface area (Å²) in [6.45, 7) is 1.61. The molecule has 172 valence electrons. The first-order valence-corrected chi connectivity index (χ1v) is 10.0. The fraction of sp³-hybridized carbons (Fsp3) is 0.0909. The number of hydrogen-bond donors (Lipinski definition) is 0. The van der Waals surface area contributed by atoms with Crippen molar-refractivity contribution < 1.29 is 31.9 Å². The van der Waals surface area contributed by atoms with Gasteiger partial charge in [0.15, 0.2) is 5.65 Å². The number of benzene rings is 2. The van der Waals surface area contributed by atoms with Crippen LogP contribution in [0.25, 0.3) is 16.7 Å². The molecule has 1 aliphatic heterocycles. The van der Waals surface area contributed by atoms with Crippen LogP contribution in [0.15, 0.2) is 48.7 Å². The third kappa shape index (κ3) is 3.45. The summed E-state index contributed by atoms with van der Waals surface area (Å²) in [4.78, 5) is 31.4. The van der Waals surface area contributed by atoms with Crippen molar-refractivity contribution in [3.63, 3.8) is 0 Å². The summed E-state index contributed by atoms with van der Waals surface area (Å²) in [6.07, 6.45) is -3.60. The van der Waals surface area contributed by atoms with Crippen molar-refractivity contribution >= 4 is 40.1 Å². The molecule has 7 nitrogen and oxygen atoms in total. The molecule has 3 heterocycles. The normalized spacial score (nSPS) is 13.6. The maximum Gasteiger partial charge on any atom is 0.573 e. The first-order valence-electron chi connectivity index (χ1n) is 9.63. The first-order chi connectivity index (χ1) is 16.0. The number of aryl methyl sites for hydroxylation is 1. The van der Waals surface area contributed by atoms with Gasteiger partial charge in [0, 0.05) is 6.20 Å². The van der Waals surface area contributed by atoms with Gasteiger partial charge < -0.3 is 4.74 Å². The third-order valence-electron chi connectivity index (χ3n) is 5.20. The molecular weight excluding hydrogens is 480 g/mol. The number of halogens is 5. The number of alkyl halides is 3. The average molecular weight is 491 g/mol. The highest BCUT2D eigenvalue weighted by molar-refractivity contribution is 6.38. The summed E-state index contributed by atoms with van der Waals surface area (Å²) in [5, 5.41) is 4.42. The number of anilines is 1. The van der Waals surface area contributed by atoms with Gasteiger partial charge in [0.05, 0.1) is 38.6 Å². The monoisotopic (exact) mass is 490 g/mol. The van der Waals surface area contributed by atoms with Gasteiger partial charge in [0.1, 0.15) is 11.6 Å². The second-order valence-corrected chi connectivity index (χ2v) is 7.74. The molecule has 0 saturated carbocycles. The highest BCUT2D eigenvalue weighted by Gasteiger charge is 2.40. The Morgan fingerprint density at radius 2 is 1.68 bits per heavy atom. The van der Waals surface area contributed by atoms with Crippen LogP contribution in [-0.2, 0) is 0 Å². The number of carbonyl (C=O) groups is 2.